The summed E-state index contributed by atoms with van der Waals surface area (Å²) >= 11 is 14.3. The van der Waals surface area contributed by atoms with E-state index in [1.807, 2.05) is 6.92 Å². The summed E-state index contributed by atoms with van der Waals surface area (Å²) < 4.78 is 6.20. The van der Waals surface area contributed by atoms with Crippen LogP contribution >= 0.6 is 39.7 Å². The Labute approximate surface area is 175 Å². The molecule has 0 aliphatic heterocycles. The third-order valence-electron chi connectivity index (χ3n) is 3.29. The fourth-order valence-corrected chi connectivity index (χ4v) is 2.86. The molecule has 0 saturated heterocycles. The molecule has 142 valence electrons. The van der Waals surface area contributed by atoms with Crippen molar-refractivity contribution in [1.82, 2.24) is 16.2 Å². The fourth-order valence-electron chi connectivity index (χ4n) is 2.00. The molecule has 6 nitrogen and oxygen atoms in total. The van der Waals surface area contributed by atoms with Crippen molar-refractivity contribution in [3.8, 4) is 5.75 Å². The number of ether oxygens (including phenoxy) is 1. The van der Waals surface area contributed by atoms with Gasteiger partial charge in [-0.05, 0) is 64.9 Å². The molecule has 9 heteroatoms. The predicted molar refractivity (Wildman–Crippen MR) is 112 cm³/mol. The molecule has 27 heavy (non-hydrogen) atoms. The lowest BCUT2D eigenvalue weighted by molar-refractivity contribution is 0.0934. The smallest absolute Gasteiger partial charge is 0.271 e. The number of carbonyl (C=O) groups excluding carboxylic acids is 2. The number of nitrogens with one attached hydrogen (secondary N) is 3. The van der Waals surface area contributed by atoms with E-state index in [4.69, 9.17) is 28.6 Å². The minimum Gasteiger partial charge on any atom is -0.492 e. The van der Waals surface area contributed by atoms with Crippen LogP contribution < -0.4 is 20.9 Å². The van der Waals surface area contributed by atoms with Gasteiger partial charge in [-0.25, -0.2) is 0 Å². The van der Waals surface area contributed by atoms with Gasteiger partial charge in [0.1, 0.15) is 5.75 Å². The van der Waals surface area contributed by atoms with Crippen molar-refractivity contribution < 1.29 is 14.3 Å². The maximum Gasteiger partial charge on any atom is 0.271 e. The summed E-state index contributed by atoms with van der Waals surface area (Å²) in [5, 5.41) is 2.73. The number of hydrogen-bond acceptors (Lipinski definition) is 4. The molecule has 0 radical (unpaired) electrons. The number of benzene rings is 2. The Bertz CT molecular complexity index is 863. The van der Waals surface area contributed by atoms with Crippen LogP contribution in [0.15, 0.2) is 46.9 Å². The molecule has 0 spiro atoms. The molecule has 0 aromatic heterocycles. The van der Waals surface area contributed by atoms with E-state index in [1.54, 1.807) is 42.5 Å². The summed E-state index contributed by atoms with van der Waals surface area (Å²) in [6.45, 7) is 2.59. The Morgan fingerprint density at radius 2 is 1.89 bits per heavy atom. The number of hydrazine groups is 1. The van der Waals surface area contributed by atoms with Crippen LogP contribution in [0.25, 0.3) is 0 Å². The van der Waals surface area contributed by atoms with E-state index in [1.165, 1.54) is 0 Å². The van der Waals surface area contributed by atoms with Crippen molar-refractivity contribution in [2.24, 2.45) is 0 Å². The normalized spacial score (nSPS) is 10.0. The van der Waals surface area contributed by atoms with Crippen molar-refractivity contribution in [3.05, 3.63) is 63.1 Å². The maximum absolute atomic E-state index is 12.3. The first-order valence-electron chi connectivity index (χ1n) is 8.01. The van der Waals surface area contributed by atoms with Gasteiger partial charge in [0, 0.05) is 5.56 Å². The molecule has 0 bridgehead atoms. The highest BCUT2D eigenvalue weighted by molar-refractivity contribution is 9.10. The average Bonchev–Trinajstić information content (AvgIpc) is 2.65. The number of rotatable bonds is 5. The lowest BCUT2D eigenvalue weighted by Gasteiger charge is -2.12. The molecular formula is C18H17BrClN3O3S. The molecule has 2 rings (SSSR count). The first kappa shape index (κ1) is 21.1. The molecule has 3 N–H and O–H groups in total. The first-order chi connectivity index (χ1) is 12.9. The zero-order valence-corrected chi connectivity index (χ0v) is 17.5. The van der Waals surface area contributed by atoms with Crippen LogP contribution in [0, 0.1) is 0 Å². The Balaban J connectivity index is 1.90. The molecule has 0 aliphatic carbocycles. The number of halogens is 2. The van der Waals surface area contributed by atoms with Crippen LogP contribution in [0.2, 0.25) is 5.02 Å². The predicted octanol–water partition coefficient (Wildman–Crippen LogP) is 3.84. The third-order valence-corrected chi connectivity index (χ3v) is 4.44. The Kier molecular flexibility index (Phi) is 8.02. The first-order valence-corrected chi connectivity index (χ1v) is 9.58. The molecule has 0 unspecified atom stereocenters. The highest BCUT2D eigenvalue weighted by Crippen LogP contribution is 2.26. The van der Waals surface area contributed by atoms with Crippen LogP contribution in [-0.4, -0.2) is 23.5 Å². The summed E-state index contributed by atoms with van der Waals surface area (Å²) in [7, 11) is 0. The third kappa shape index (κ3) is 6.20. The zero-order chi connectivity index (χ0) is 19.8. The van der Waals surface area contributed by atoms with Gasteiger partial charge in [-0.15, -0.1) is 0 Å². The van der Waals surface area contributed by atoms with Crippen molar-refractivity contribution in [2.75, 3.05) is 6.61 Å². The molecule has 2 amide bonds. The molecule has 0 saturated carbocycles. The number of hydrogen-bond donors (Lipinski definition) is 3. The van der Waals surface area contributed by atoms with Gasteiger partial charge in [0.25, 0.3) is 11.8 Å². The molecule has 0 atom stereocenters. The maximum atomic E-state index is 12.3. The monoisotopic (exact) mass is 469 g/mol. The SMILES string of the molecule is CCCOc1ccc(C(=O)NC(=S)NNC(=O)c2ccccc2Cl)cc1Br. The van der Waals surface area contributed by atoms with Crippen LogP contribution in [0.4, 0.5) is 0 Å². The van der Waals surface area contributed by atoms with Crippen LogP contribution in [0.5, 0.6) is 5.75 Å². The van der Waals surface area contributed by atoms with Gasteiger partial charge in [0.2, 0.25) is 0 Å². The summed E-state index contributed by atoms with van der Waals surface area (Å²) in [4.78, 5) is 24.3. The highest BCUT2D eigenvalue weighted by Gasteiger charge is 2.13. The number of thiocarbonyl (C=S) groups is 1. The Hall–Kier alpha value is -2.16. The van der Waals surface area contributed by atoms with Crippen molar-refractivity contribution in [1.29, 1.82) is 0 Å². The molecule has 0 aliphatic rings. The van der Waals surface area contributed by atoms with Gasteiger partial charge in [0.15, 0.2) is 5.11 Å². The molecule has 2 aromatic rings. The van der Waals surface area contributed by atoms with E-state index in [-0.39, 0.29) is 10.7 Å². The summed E-state index contributed by atoms with van der Waals surface area (Å²) in [6.07, 6.45) is 0.883. The largest absolute Gasteiger partial charge is 0.492 e. The van der Waals surface area contributed by atoms with Gasteiger partial charge in [-0.1, -0.05) is 30.7 Å². The van der Waals surface area contributed by atoms with E-state index in [9.17, 15) is 9.59 Å². The minimum absolute atomic E-state index is 0.0529. The van der Waals surface area contributed by atoms with Crippen molar-refractivity contribution in [3.63, 3.8) is 0 Å². The van der Waals surface area contributed by atoms with Gasteiger partial charge >= 0.3 is 0 Å². The topological polar surface area (TPSA) is 79.5 Å². The molecular weight excluding hydrogens is 454 g/mol. The number of carbonyl (C=O) groups is 2. The van der Waals surface area contributed by atoms with Crippen LogP contribution in [-0.2, 0) is 0 Å². The Morgan fingerprint density at radius 1 is 1.15 bits per heavy atom. The second-order valence-electron chi connectivity index (χ2n) is 5.34. The standard InChI is InChI=1S/C18H17BrClN3O3S/c1-2-9-26-15-8-7-11(10-13(15)19)16(24)21-18(27)23-22-17(25)12-5-3-4-6-14(12)20/h3-8,10H,2,9H2,1H3,(H,22,25)(H2,21,23,24,27). The molecule has 2 aromatic carbocycles. The fraction of sp³-hybridized carbons (Fsp3) is 0.167. The van der Waals surface area contributed by atoms with Crippen LogP contribution in [0.3, 0.4) is 0 Å². The van der Waals surface area contributed by atoms with E-state index in [0.717, 1.165) is 6.42 Å². The zero-order valence-electron chi connectivity index (χ0n) is 14.3. The molecule has 0 heterocycles. The van der Waals surface area contributed by atoms with Crippen molar-refractivity contribution >= 4 is 56.7 Å². The van der Waals surface area contributed by atoms with E-state index in [0.29, 0.717) is 27.4 Å². The Morgan fingerprint density at radius 3 is 2.56 bits per heavy atom. The highest BCUT2D eigenvalue weighted by atomic mass is 79.9. The van der Waals surface area contributed by atoms with Crippen LogP contribution in [0.1, 0.15) is 34.1 Å². The van der Waals surface area contributed by atoms with E-state index in [2.05, 4.69) is 32.1 Å². The lowest BCUT2D eigenvalue weighted by atomic mass is 10.2. The van der Waals surface area contributed by atoms with Gasteiger partial charge in [-0.2, -0.15) is 0 Å². The summed E-state index contributed by atoms with van der Waals surface area (Å²) in [5.41, 5.74) is 5.52. The van der Waals surface area contributed by atoms with Gasteiger partial charge in [-0.3, -0.25) is 25.8 Å². The number of amides is 2. The van der Waals surface area contributed by atoms with Crippen molar-refractivity contribution in [2.45, 2.75) is 13.3 Å². The second kappa shape index (κ2) is 10.2. The molecule has 0 fully saturated rings. The lowest BCUT2D eigenvalue weighted by Crippen LogP contribution is -2.48. The second-order valence-corrected chi connectivity index (χ2v) is 7.01. The summed E-state index contributed by atoms with van der Waals surface area (Å²) in [5.74, 6) is -0.249. The minimum atomic E-state index is -0.475. The van der Waals surface area contributed by atoms with E-state index < -0.39 is 11.8 Å². The van der Waals surface area contributed by atoms with Gasteiger partial charge in [0.05, 0.1) is 21.7 Å². The average molecular weight is 471 g/mol. The summed E-state index contributed by atoms with van der Waals surface area (Å²) in [6, 6.07) is 11.5. The quantitative estimate of drug-likeness (QED) is 0.457. The van der Waals surface area contributed by atoms with E-state index >= 15 is 0 Å². The van der Waals surface area contributed by atoms with Gasteiger partial charge < -0.3 is 4.74 Å².